The molecule has 2 aliphatic heterocycles. The van der Waals surface area contributed by atoms with E-state index in [9.17, 15) is 0 Å². The molecule has 4 heteroatoms. The van der Waals surface area contributed by atoms with Gasteiger partial charge in [-0.25, -0.2) is 0 Å². The van der Waals surface area contributed by atoms with Crippen LogP contribution in [-0.4, -0.2) is 35.0 Å². The molecule has 4 nitrogen and oxygen atoms in total. The lowest BCUT2D eigenvalue weighted by Gasteiger charge is -2.34. The second-order valence-electron chi connectivity index (χ2n) is 7.75. The normalized spacial score (nSPS) is 47.1. The van der Waals surface area contributed by atoms with Crippen molar-refractivity contribution in [3.8, 4) is 0 Å². The summed E-state index contributed by atoms with van der Waals surface area (Å²) in [6.45, 7) is 4.55. The molecule has 0 amide bonds. The van der Waals surface area contributed by atoms with Crippen LogP contribution < -0.4 is 0 Å². The number of hydrogen-bond acceptors (Lipinski definition) is 3. The highest BCUT2D eigenvalue weighted by Gasteiger charge is 2.69. The lowest BCUT2D eigenvalue weighted by atomic mass is 9.68. The number of carbonyl (C=O) groups is 1. The lowest BCUT2D eigenvalue weighted by molar-refractivity contribution is -0.122. The maximum absolute atomic E-state index is 8.36. The van der Waals surface area contributed by atoms with Crippen LogP contribution in [-0.2, 0) is 14.3 Å². The lowest BCUT2D eigenvalue weighted by Crippen LogP contribution is -2.36. The Morgan fingerprint density at radius 2 is 1.75 bits per heavy atom. The molecule has 0 bridgehead atoms. The van der Waals surface area contributed by atoms with E-state index in [-0.39, 0.29) is 17.7 Å². The van der Waals surface area contributed by atoms with Crippen molar-refractivity contribution in [1.82, 2.24) is 0 Å². The maximum atomic E-state index is 8.36. The Hall–Kier alpha value is -0.610. The molecule has 0 aromatic carbocycles. The first-order valence-corrected chi connectivity index (χ1v) is 7.89. The second-order valence-corrected chi connectivity index (χ2v) is 7.75. The quantitative estimate of drug-likeness (QED) is 0.624. The van der Waals surface area contributed by atoms with E-state index in [0.29, 0.717) is 17.6 Å². The number of rotatable bonds is 2. The number of hydrogen-bond donors (Lipinski definition) is 1. The summed E-state index contributed by atoms with van der Waals surface area (Å²) in [4.78, 5) is 8.36. The number of ether oxygens (including phenoxy) is 2. The molecule has 0 radical (unpaired) electrons. The summed E-state index contributed by atoms with van der Waals surface area (Å²) in [6, 6.07) is 0. The summed E-state index contributed by atoms with van der Waals surface area (Å²) in [7, 11) is 0. The van der Waals surface area contributed by atoms with Crippen molar-refractivity contribution in [3.05, 3.63) is 0 Å². The van der Waals surface area contributed by atoms with Gasteiger partial charge in [0.05, 0.1) is 23.4 Å². The van der Waals surface area contributed by atoms with Gasteiger partial charge in [-0.3, -0.25) is 4.79 Å². The molecule has 0 aromatic rings. The van der Waals surface area contributed by atoms with Gasteiger partial charge in [0.2, 0.25) is 0 Å². The van der Waals surface area contributed by atoms with Gasteiger partial charge in [-0.05, 0) is 37.5 Å². The Labute approximate surface area is 120 Å². The van der Waals surface area contributed by atoms with Crippen molar-refractivity contribution in [2.45, 2.75) is 88.6 Å². The zero-order valence-corrected chi connectivity index (χ0v) is 12.6. The monoisotopic (exact) mass is 282 g/mol. The average molecular weight is 282 g/mol. The van der Waals surface area contributed by atoms with E-state index in [2.05, 4.69) is 13.8 Å². The van der Waals surface area contributed by atoms with E-state index in [0.717, 1.165) is 0 Å². The van der Waals surface area contributed by atoms with Crippen LogP contribution in [0.5, 0.6) is 0 Å². The second kappa shape index (κ2) is 4.70. The van der Waals surface area contributed by atoms with E-state index in [4.69, 9.17) is 19.4 Å². The molecule has 2 aliphatic carbocycles. The Kier molecular flexibility index (Phi) is 3.37. The predicted octanol–water partition coefficient (Wildman–Crippen LogP) is 3.14. The van der Waals surface area contributed by atoms with Crippen molar-refractivity contribution < 1.29 is 19.4 Å². The third kappa shape index (κ3) is 2.48. The molecule has 114 valence electrons. The summed E-state index contributed by atoms with van der Waals surface area (Å²) >= 11 is 0. The van der Waals surface area contributed by atoms with Gasteiger partial charge in [0, 0.05) is 6.42 Å². The number of carboxylic acid groups (broad SMARTS) is 1. The molecule has 2 saturated carbocycles. The first-order chi connectivity index (χ1) is 9.45. The minimum atomic E-state index is -0.250. The van der Waals surface area contributed by atoms with Gasteiger partial charge in [-0.1, -0.05) is 26.7 Å². The molecular weight excluding hydrogens is 256 g/mol. The van der Waals surface area contributed by atoms with Crippen molar-refractivity contribution >= 4 is 6.47 Å². The Morgan fingerprint density at radius 3 is 2.45 bits per heavy atom. The molecular formula is C16H26O4. The Bertz CT molecular complexity index is 394. The summed E-state index contributed by atoms with van der Waals surface area (Å²) in [5.41, 5.74) is 0.941. The van der Waals surface area contributed by atoms with E-state index < -0.39 is 0 Å². The minimum Gasteiger partial charge on any atom is -0.483 e. The third-order valence-electron chi connectivity index (χ3n) is 5.59. The first-order valence-electron chi connectivity index (χ1n) is 7.89. The van der Waals surface area contributed by atoms with Gasteiger partial charge >= 0.3 is 0 Å². The highest BCUT2D eigenvalue weighted by molar-refractivity contribution is 5.32. The summed E-state index contributed by atoms with van der Waals surface area (Å²) in [5.74, 6) is 0. The molecule has 0 spiro atoms. The van der Waals surface area contributed by atoms with Crippen LogP contribution in [0.15, 0.2) is 0 Å². The highest BCUT2D eigenvalue weighted by atomic mass is 16.6. The minimum absolute atomic E-state index is 0.216. The molecule has 4 atom stereocenters. The standard InChI is InChI=1S/C15H24O2.CH2O2/c1-13(2)8-6-12-15(9-13,17-12)10-14-7-4-3-5-11(14)16-14;2-1-3/h11-12H,3-10H2,1-2H3;1H,(H,2,3). The van der Waals surface area contributed by atoms with Crippen LogP contribution >= 0.6 is 0 Å². The fourth-order valence-corrected chi connectivity index (χ4v) is 4.66. The van der Waals surface area contributed by atoms with Crippen LogP contribution in [0, 0.1) is 5.41 Å². The molecule has 1 N–H and O–H groups in total. The smallest absolute Gasteiger partial charge is 0.290 e. The molecule has 2 heterocycles. The molecule has 4 rings (SSSR count). The third-order valence-corrected chi connectivity index (χ3v) is 5.59. The van der Waals surface area contributed by atoms with Crippen molar-refractivity contribution in [3.63, 3.8) is 0 Å². The van der Waals surface area contributed by atoms with Gasteiger partial charge in [0.25, 0.3) is 6.47 Å². The van der Waals surface area contributed by atoms with E-state index >= 15 is 0 Å². The summed E-state index contributed by atoms with van der Waals surface area (Å²) < 4.78 is 12.2. The van der Waals surface area contributed by atoms with Gasteiger partial charge < -0.3 is 14.6 Å². The van der Waals surface area contributed by atoms with Crippen LogP contribution in [0.2, 0.25) is 0 Å². The summed E-state index contributed by atoms with van der Waals surface area (Å²) in [6.07, 6.45) is 11.5. The van der Waals surface area contributed by atoms with Crippen molar-refractivity contribution in [2.24, 2.45) is 5.41 Å². The topological polar surface area (TPSA) is 62.4 Å². The van der Waals surface area contributed by atoms with E-state index in [1.807, 2.05) is 0 Å². The van der Waals surface area contributed by atoms with Gasteiger partial charge in [-0.2, -0.15) is 0 Å². The molecule has 20 heavy (non-hydrogen) atoms. The van der Waals surface area contributed by atoms with E-state index in [1.54, 1.807) is 0 Å². The molecule has 4 unspecified atom stereocenters. The zero-order valence-electron chi connectivity index (χ0n) is 12.6. The fourth-order valence-electron chi connectivity index (χ4n) is 4.66. The van der Waals surface area contributed by atoms with Gasteiger partial charge in [0.15, 0.2) is 0 Å². The van der Waals surface area contributed by atoms with Crippen LogP contribution in [0.25, 0.3) is 0 Å². The highest BCUT2D eigenvalue weighted by Crippen LogP contribution is 2.62. The van der Waals surface area contributed by atoms with Crippen LogP contribution in [0.4, 0.5) is 0 Å². The number of epoxide rings is 2. The zero-order chi connectivity index (χ0) is 14.4. The predicted molar refractivity (Wildman–Crippen MR) is 74.6 cm³/mol. The number of fused-ring (bicyclic) bond motifs is 2. The molecule has 4 fully saturated rings. The average Bonchev–Trinajstić information content (AvgIpc) is 3.22. The molecule has 0 aromatic heterocycles. The van der Waals surface area contributed by atoms with Crippen molar-refractivity contribution in [2.75, 3.05) is 0 Å². The molecule has 4 aliphatic rings. The maximum Gasteiger partial charge on any atom is 0.290 e. The van der Waals surface area contributed by atoms with E-state index in [1.165, 1.54) is 51.4 Å². The first kappa shape index (κ1) is 14.3. The summed E-state index contributed by atoms with van der Waals surface area (Å²) in [5, 5.41) is 6.89. The SMILES string of the molecule is CC1(C)CCC2OC2(CC23CCCCC2O3)C1.O=CO. The Balaban J connectivity index is 0.000000373. The fraction of sp³-hybridized carbons (Fsp3) is 0.938. The van der Waals surface area contributed by atoms with Gasteiger partial charge in [-0.15, -0.1) is 0 Å². The van der Waals surface area contributed by atoms with Crippen LogP contribution in [0.1, 0.15) is 65.2 Å². The largest absolute Gasteiger partial charge is 0.483 e. The van der Waals surface area contributed by atoms with Gasteiger partial charge in [0.1, 0.15) is 0 Å². The van der Waals surface area contributed by atoms with Crippen molar-refractivity contribution in [1.29, 1.82) is 0 Å². The molecule has 2 saturated heterocycles. The Morgan fingerprint density at radius 1 is 1.10 bits per heavy atom. The van der Waals surface area contributed by atoms with Crippen LogP contribution in [0.3, 0.4) is 0 Å².